The summed E-state index contributed by atoms with van der Waals surface area (Å²) in [5.74, 6) is 0.658. The lowest BCUT2D eigenvalue weighted by Gasteiger charge is -2.07. The van der Waals surface area contributed by atoms with Crippen molar-refractivity contribution in [1.29, 1.82) is 0 Å². The molecule has 0 spiro atoms. The second-order valence-corrected chi connectivity index (χ2v) is 3.70. The summed E-state index contributed by atoms with van der Waals surface area (Å²) in [5, 5.41) is 1.24. The van der Waals surface area contributed by atoms with Crippen LogP contribution in [0.5, 0.6) is 5.75 Å². The van der Waals surface area contributed by atoms with Gasteiger partial charge in [-0.3, -0.25) is 0 Å². The predicted molar refractivity (Wildman–Crippen MR) is 54.8 cm³/mol. The van der Waals surface area contributed by atoms with Crippen molar-refractivity contribution in [2.45, 2.75) is 4.90 Å². The molecule has 1 aromatic rings. The van der Waals surface area contributed by atoms with Gasteiger partial charge >= 0.3 is 0 Å². The van der Waals surface area contributed by atoms with Crippen LogP contribution in [0.4, 0.5) is 0 Å². The topological polar surface area (TPSA) is 9.23 Å². The number of methoxy groups -OCH3 is 1. The number of halogens is 2. The summed E-state index contributed by atoms with van der Waals surface area (Å²) in [6.07, 6.45) is 1.92. The molecule has 0 amide bonds. The molecule has 4 heteroatoms. The van der Waals surface area contributed by atoms with Crippen molar-refractivity contribution in [2.24, 2.45) is 0 Å². The Kier molecular flexibility index (Phi) is 3.56. The molecule has 0 heterocycles. The van der Waals surface area contributed by atoms with Gasteiger partial charge in [-0.15, -0.1) is 11.8 Å². The van der Waals surface area contributed by atoms with E-state index in [4.69, 9.17) is 27.9 Å². The van der Waals surface area contributed by atoms with E-state index in [2.05, 4.69) is 0 Å². The zero-order valence-electron chi connectivity index (χ0n) is 6.73. The quantitative estimate of drug-likeness (QED) is 0.706. The van der Waals surface area contributed by atoms with E-state index in [9.17, 15) is 0 Å². The maximum Gasteiger partial charge on any atom is 0.138 e. The van der Waals surface area contributed by atoms with E-state index in [0.29, 0.717) is 15.8 Å². The molecular weight excluding hydrogens is 215 g/mol. The predicted octanol–water partition coefficient (Wildman–Crippen LogP) is 3.72. The van der Waals surface area contributed by atoms with Gasteiger partial charge in [0.2, 0.25) is 0 Å². The Morgan fingerprint density at radius 1 is 1.33 bits per heavy atom. The average Bonchev–Trinajstić information content (AvgIpc) is 2.06. The van der Waals surface area contributed by atoms with E-state index in [1.807, 2.05) is 6.26 Å². The summed E-state index contributed by atoms with van der Waals surface area (Å²) in [6.45, 7) is 0. The minimum absolute atomic E-state index is 0.581. The van der Waals surface area contributed by atoms with E-state index in [-0.39, 0.29) is 0 Å². The van der Waals surface area contributed by atoms with Gasteiger partial charge in [0.1, 0.15) is 5.75 Å². The van der Waals surface area contributed by atoms with Crippen molar-refractivity contribution in [2.75, 3.05) is 13.4 Å². The molecule has 0 radical (unpaired) electrons. The van der Waals surface area contributed by atoms with Crippen LogP contribution in [0, 0.1) is 0 Å². The molecular formula is C8H8Cl2OS. The van der Waals surface area contributed by atoms with Crippen LogP contribution in [-0.4, -0.2) is 13.4 Å². The van der Waals surface area contributed by atoms with Crippen LogP contribution in [0.25, 0.3) is 0 Å². The minimum Gasteiger partial charge on any atom is -0.495 e. The lowest BCUT2D eigenvalue weighted by molar-refractivity contribution is 0.414. The fourth-order valence-corrected chi connectivity index (χ4v) is 2.31. The molecule has 0 fully saturated rings. The highest BCUT2D eigenvalue weighted by molar-refractivity contribution is 7.98. The molecule has 0 N–H and O–H groups in total. The molecule has 0 aliphatic heterocycles. The van der Waals surface area contributed by atoms with Crippen LogP contribution in [0.15, 0.2) is 17.0 Å². The normalized spacial score (nSPS) is 10.0. The van der Waals surface area contributed by atoms with Crippen LogP contribution in [0.2, 0.25) is 10.0 Å². The number of rotatable bonds is 2. The van der Waals surface area contributed by atoms with E-state index < -0.39 is 0 Å². The smallest absolute Gasteiger partial charge is 0.138 e. The molecule has 0 saturated carbocycles. The highest BCUT2D eigenvalue weighted by atomic mass is 35.5. The molecule has 0 unspecified atom stereocenters. The molecule has 0 aromatic heterocycles. The zero-order valence-corrected chi connectivity index (χ0v) is 9.06. The SMILES string of the molecule is COc1ccc(Cl)c(SC)c1Cl. The van der Waals surface area contributed by atoms with Crippen LogP contribution < -0.4 is 4.74 Å². The zero-order chi connectivity index (χ0) is 9.14. The fourth-order valence-electron chi connectivity index (χ4n) is 0.859. The Hall–Kier alpha value is -0.0500. The van der Waals surface area contributed by atoms with Gasteiger partial charge in [-0.25, -0.2) is 0 Å². The highest BCUT2D eigenvalue weighted by Gasteiger charge is 2.09. The van der Waals surface area contributed by atoms with Gasteiger partial charge in [-0.05, 0) is 18.4 Å². The van der Waals surface area contributed by atoms with Crippen molar-refractivity contribution in [3.8, 4) is 5.75 Å². The van der Waals surface area contributed by atoms with E-state index >= 15 is 0 Å². The Morgan fingerprint density at radius 3 is 2.50 bits per heavy atom. The first kappa shape index (κ1) is 10.0. The molecule has 0 aliphatic carbocycles. The summed E-state index contributed by atoms with van der Waals surface area (Å²) < 4.78 is 5.04. The van der Waals surface area contributed by atoms with Crippen molar-refractivity contribution in [3.63, 3.8) is 0 Å². The van der Waals surface area contributed by atoms with Gasteiger partial charge < -0.3 is 4.74 Å². The van der Waals surface area contributed by atoms with Gasteiger partial charge in [-0.2, -0.15) is 0 Å². The monoisotopic (exact) mass is 222 g/mol. The molecule has 66 valence electrons. The van der Waals surface area contributed by atoms with E-state index in [0.717, 1.165) is 4.90 Å². The highest BCUT2D eigenvalue weighted by Crippen LogP contribution is 2.38. The van der Waals surface area contributed by atoms with Crippen LogP contribution >= 0.6 is 35.0 Å². The fraction of sp³-hybridized carbons (Fsp3) is 0.250. The summed E-state index contributed by atoms with van der Waals surface area (Å²) in [7, 11) is 1.58. The third-order valence-electron chi connectivity index (χ3n) is 1.44. The molecule has 1 nitrogen and oxygen atoms in total. The van der Waals surface area contributed by atoms with E-state index in [1.54, 1.807) is 19.2 Å². The molecule has 12 heavy (non-hydrogen) atoms. The number of thioether (sulfide) groups is 1. The van der Waals surface area contributed by atoms with Crippen molar-refractivity contribution in [3.05, 3.63) is 22.2 Å². The minimum atomic E-state index is 0.581. The lowest BCUT2D eigenvalue weighted by Crippen LogP contribution is -1.85. The summed E-state index contributed by atoms with van der Waals surface area (Å²) in [4.78, 5) is 0.859. The average molecular weight is 223 g/mol. The number of benzene rings is 1. The third-order valence-corrected chi connectivity index (χ3v) is 3.18. The first-order valence-electron chi connectivity index (χ1n) is 3.26. The lowest BCUT2D eigenvalue weighted by atomic mass is 10.3. The van der Waals surface area contributed by atoms with Crippen molar-refractivity contribution in [1.82, 2.24) is 0 Å². The Labute approximate surface area is 86.0 Å². The molecule has 1 rings (SSSR count). The summed E-state index contributed by atoms with van der Waals surface area (Å²) in [5.41, 5.74) is 0. The van der Waals surface area contributed by atoms with Crippen LogP contribution in [0.1, 0.15) is 0 Å². The van der Waals surface area contributed by atoms with Crippen molar-refractivity contribution >= 4 is 35.0 Å². The van der Waals surface area contributed by atoms with Gasteiger partial charge in [0, 0.05) is 4.90 Å². The second-order valence-electron chi connectivity index (χ2n) is 2.10. The summed E-state index contributed by atoms with van der Waals surface area (Å²) >= 11 is 13.4. The Balaban J connectivity index is 3.24. The van der Waals surface area contributed by atoms with E-state index in [1.165, 1.54) is 11.8 Å². The third kappa shape index (κ3) is 1.82. The van der Waals surface area contributed by atoms with Crippen molar-refractivity contribution < 1.29 is 4.74 Å². The van der Waals surface area contributed by atoms with Gasteiger partial charge in [0.05, 0.1) is 17.2 Å². The number of hydrogen-bond acceptors (Lipinski definition) is 2. The van der Waals surface area contributed by atoms with Gasteiger partial charge in [-0.1, -0.05) is 23.2 Å². The maximum absolute atomic E-state index is 5.98. The largest absolute Gasteiger partial charge is 0.495 e. The molecule has 0 bridgehead atoms. The molecule has 0 atom stereocenters. The van der Waals surface area contributed by atoms with Crippen LogP contribution in [-0.2, 0) is 0 Å². The second kappa shape index (κ2) is 4.26. The van der Waals surface area contributed by atoms with Crippen LogP contribution in [0.3, 0.4) is 0 Å². The van der Waals surface area contributed by atoms with Gasteiger partial charge in [0.25, 0.3) is 0 Å². The maximum atomic E-state index is 5.98. The Bertz CT molecular complexity index is 289. The Morgan fingerprint density at radius 2 is 2.00 bits per heavy atom. The standard InChI is InChI=1S/C8H8Cl2OS/c1-11-6-4-3-5(9)8(12-2)7(6)10/h3-4H,1-2H3. The summed E-state index contributed by atoms with van der Waals surface area (Å²) in [6, 6.07) is 3.53. The molecule has 0 saturated heterocycles. The molecule has 0 aliphatic rings. The number of ether oxygens (including phenoxy) is 1. The first-order valence-corrected chi connectivity index (χ1v) is 5.24. The molecule has 1 aromatic carbocycles. The van der Waals surface area contributed by atoms with Gasteiger partial charge in [0.15, 0.2) is 0 Å². The number of hydrogen-bond donors (Lipinski definition) is 0. The first-order chi connectivity index (χ1) is 5.70.